The number of esters is 3. The SMILES string of the molecule is CCCCCCCOC(=O)c1ccc(NC=C2C(=O)OC(CC)(CC)OC2=O)cc1. The van der Waals surface area contributed by atoms with Crippen LogP contribution < -0.4 is 5.32 Å². The predicted molar refractivity (Wildman–Crippen MR) is 113 cm³/mol. The predicted octanol–water partition coefficient (Wildman–Crippen LogP) is 4.73. The van der Waals surface area contributed by atoms with Gasteiger partial charge in [-0.2, -0.15) is 0 Å². The van der Waals surface area contributed by atoms with E-state index >= 15 is 0 Å². The van der Waals surface area contributed by atoms with E-state index in [-0.39, 0.29) is 11.5 Å². The molecule has 0 spiro atoms. The molecule has 1 saturated heterocycles. The van der Waals surface area contributed by atoms with E-state index < -0.39 is 17.7 Å². The lowest BCUT2D eigenvalue weighted by molar-refractivity contribution is -0.237. The van der Waals surface area contributed by atoms with Crippen molar-refractivity contribution < 1.29 is 28.6 Å². The Kier molecular flexibility index (Phi) is 8.89. The molecule has 0 amide bonds. The van der Waals surface area contributed by atoms with E-state index in [9.17, 15) is 14.4 Å². The highest BCUT2D eigenvalue weighted by atomic mass is 16.7. The van der Waals surface area contributed by atoms with Gasteiger partial charge in [0.25, 0.3) is 5.79 Å². The molecule has 0 radical (unpaired) electrons. The first-order valence-electron chi connectivity index (χ1n) is 10.6. The Bertz CT molecular complexity index is 742. The minimum atomic E-state index is -1.19. The molecule has 1 N–H and O–H groups in total. The van der Waals surface area contributed by atoms with Crippen LogP contribution in [0.2, 0.25) is 0 Å². The van der Waals surface area contributed by atoms with Crippen LogP contribution in [-0.4, -0.2) is 30.3 Å². The summed E-state index contributed by atoms with van der Waals surface area (Å²) in [5, 5.41) is 2.86. The van der Waals surface area contributed by atoms with Crippen molar-refractivity contribution in [3.05, 3.63) is 41.6 Å². The Morgan fingerprint density at radius 2 is 1.57 bits per heavy atom. The summed E-state index contributed by atoms with van der Waals surface area (Å²) in [6.07, 6.45) is 7.48. The Morgan fingerprint density at radius 3 is 2.13 bits per heavy atom. The summed E-state index contributed by atoms with van der Waals surface area (Å²) in [7, 11) is 0. The molecule has 0 bridgehead atoms. The zero-order valence-corrected chi connectivity index (χ0v) is 18.0. The van der Waals surface area contributed by atoms with Crippen LogP contribution in [0.3, 0.4) is 0 Å². The summed E-state index contributed by atoms with van der Waals surface area (Å²) in [4.78, 5) is 36.5. The number of carbonyl (C=O) groups is 3. The summed E-state index contributed by atoms with van der Waals surface area (Å²) < 4.78 is 15.9. The molecule has 1 aromatic rings. The summed E-state index contributed by atoms with van der Waals surface area (Å²) in [6.45, 7) is 6.15. The number of rotatable bonds is 11. The van der Waals surface area contributed by atoms with Gasteiger partial charge < -0.3 is 19.5 Å². The van der Waals surface area contributed by atoms with E-state index in [0.29, 0.717) is 30.7 Å². The molecule has 30 heavy (non-hydrogen) atoms. The molecule has 0 aliphatic carbocycles. The van der Waals surface area contributed by atoms with Crippen LogP contribution in [0.4, 0.5) is 5.69 Å². The van der Waals surface area contributed by atoms with E-state index in [0.717, 1.165) is 19.3 Å². The normalized spacial score (nSPS) is 15.2. The molecule has 1 heterocycles. The molecule has 1 aliphatic heterocycles. The number of hydrogen-bond acceptors (Lipinski definition) is 7. The van der Waals surface area contributed by atoms with Crippen LogP contribution in [0.5, 0.6) is 0 Å². The van der Waals surface area contributed by atoms with Gasteiger partial charge in [0.15, 0.2) is 5.57 Å². The van der Waals surface area contributed by atoms with E-state index in [1.165, 1.54) is 19.0 Å². The standard InChI is InChI=1S/C23H31NO6/c1-4-7-8-9-10-15-28-20(25)17-11-13-18(14-12-17)24-16-19-21(26)29-23(5-2,6-3)30-22(19)27/h11-14,16,24H,4-10,15H2,1-3H3. The van der Waals surface area contributed by atoms with Crippen molar-refractivity contribution in [3.8, 4) is 0 Å². The smallest absolute Gasteiger partial charge is 0.350 e. The maximum Gasteiger partial charge on any atom is 0.350 e. The van der Waals surface area contributed by atoms with Crippen LogP contribution in [0.25, 0.3) is 0 Å². The quantitative estimate of drug-likeness (QED) is 0.241. The molecule has 0 unspecified atom stereocenters. The number of anilines is 1. The van der Waals surface area contributed by atoms with Crippen LogP contribution in [0.1, 0.15) is 76.1 Å². The van der Waals surface area contributed by atoms with Crippen molar-refractivity contribution in [2.45, 2.75) is 71.5 Å². The van der Waals surface area contributed by atoms with Gasteiger partial charge in [-0.25, -0.2) is 14.4 Å². The van der Waals surface area contributed by atoms with E-state index in [2.05, 4.69) is 12.2 Å². The molecular formula is C23H31NO6. The number of ether oxygens (including phenoxy) is 3. The van der Waals surface area contributed by atoms with Crippen LogP contribution in [0.15, 0.2) is 36.0 Å². The van der Waals surface area contributed by atoms with Gasteiger partial charge in [-0.15, -0.1) is 0 Å². The maximum absolute atomic E-state index is 12.2. The van der Waals surface area contributed by atoms with Crippen LogP contribution in [0, 0.1) is 0 Å². The molecule has 2 rings (SSSR count). The first kappa shape index (κ1) is 23.4. The second kappa shape index (κ2) is 11.4. The molecule has 1 aliphatic rings. The van der Waals surface area contributed by atoms with Crippen LogP contribution in [-0.2, 0) is 23.8 Å². The van der Waals surface area contributed by atoms with Crippen molar-refractivity contribution >= 4 is 23.6 Å². The minimum Gasteiger partial charge on any atom is -0.462 e. The molecule has 7 heteroatoms. The Balaban J connectivity index is 1.88. The van der Waals surface area contributed by atoms with E-state index in [4.69, 9.17) is 14.2 Å². The third-order valence-electron chi connectivity index (χ3n) is 5.06. The van der Waals surface area contributed by atoms with Crippen molar-refractivity contribution in [1.82, 2.24) is 0 Å². The average molecular weight is 418 g/mol. The fraction of sp³-hybridized carbons (Fsp3) is 0.522. The van der Waals surface area contributed by atoms with Crippen LogP contribution >= 0.6 is 0 Å². The van der Waals surface area contributed by atoms with Gasteiger partial charge in [-0.1, -0.05) is 46.5 Å². The number of carbonyl (C=O) groups excluding carboxylic acids is 3. The third-order valence-corrected chi connectivity index (χ3v) is 5.06. The van der Waals surface area contributed by atoms with Crippen molar-refractivity contribution in [2.75, 3.05) is 11.9 Å². The molecule has 7 nitrogen and oxygen atoms in total. The van der Waals surface area contributed by atoms with Crippen molar-refractivity contribution in [3.63, 3.8) is 0 Å². The average Bonchev–Trinajstić information content (AvgIpc) is 2.75. The van der Waals surface area contributed by atoms with Gasteiger partial charge in [0.1, 0.15) is 0 Å². The van der Waals surface area contributed by atoms with Gasteiger partial charge >= 0.3 is 17.9 Å². The number of cyclic esters (lactones) is 2. The van der Waals surface area contributed by atoms with Crippen molar-refractivity contribution in [1.29, 1.82) is 0 Å². The topological polar surface area (TPSA) is 90.9 Å². The van der Waals surface area contributed by atoms with Gasteiger partial charge in [-0.05, 0) is 30.7 Å². The first-order chi connectivity index (χ1) is 14.4. The first-order valence-corrected chi connectivity index (χ1v) is 10.6. The number of nitrogens with one attached hydrogen (secondary N) is 1. The summed E-state index contributed by atoms with van der Waals surface area (Å²) in [5.41, 5.74) is 0.829. The molecular weight excluding hydrogens is 386 g/mol. The number of benzene rings is 1. The zero-order valence-electron chi connectivity index (χ0n) is 18.0. The Morgan fingerprint density at radius 1 is 0.967 bits per heavy atom. The highest BCUT2D eigenvalue weighted by Crippen LogP contribution is 2.29. The van der Waals surface area contributed by atoms with Crippen molar-refractivity contribution in [2.24, 2.45) is 0 Å². The minimum absolute atomic E-state index is 0.209. The second-order valence-electron chi connectivity index (χ2n) is 7.23. The highest BCUT2D eigenvalue weighted by Gasteiger charge is 2.43. The molecule has 1 aromatic carbocycles. The number of unbranched alkanes of at least 4 members (excludes halogenated alkanes) is 4. The maximum atomic E-state index is 12.2. The Hall–Kier alpha value is -2.83. The number of hydrogen-bond donors (Lipinski definition) is 1. The van der Waals surface area contributed by atoms with Gasteiger partial charge in [0, 0.05) is 24.7 Å². The largest absolute Gasteiger partial charge is 0.462 e. The second-order valence-corrected chi connectivity index (χ2v) is 7.23. The lowest BCUT2D eigenvalue weighted by atomic mass is 10.1. The summed E-state index contributed by atoms with van der Waals surface area (Å²) >= 11 is 0. The van der Waals surface area contributed by atoms with Gasteiger partial charge in [-0.3, -0.25) is 0 Å². The molecule has 164 valence electrons. The fourth-order valence-corrected chi connectivity index (χ4v) is 3.02. The summed E-state index contributed by atoms with van der Waals surface area (Å²) in [5.74, 6) is -3.00. The van der Waals surface area contributed by atoms with E-state index in [1.54, 1.807) is 38.1 Å². The lowest BCUT2D eigenvalue weighted by Crippen LogP contribution is -2.45. The highest BCUT2D eigenvalue weighted by molar-refractivity contribution is 6.15. The molecule has 0 saturated carbocycles. The van der Waals surface area contributed by atoms with Gasteiger partial charge in [0.05, 0.1) is 12.2 Å². The van der Waals surface area contributed by atoms with E-state index in [1.807, 2.05) is 0 Å². The summed E-state index contributed by atoms with van der Waals surface area (Å²) in [6, 6.07) is 6.57. The van der Waals surface area contributed by atoms with Gasteiger partial charge in [0.2, 0.25) is 0 Å². The molecule has 0 aromatic heterocycles. The third kappa shape index (κ3) is 6.34. The fourth-order valence-electron chi connectivity index (χ4n) is 3.02. The zero-order chi connectivity index (χ0) is 22.0. The monoisotopic (exact) mass is 417 g/mol. The lowest BCUT2D eigenvalue weighted by Gasteiger charge is -2.34. The molecule has 1 fully saturated rings. The molecule has 0 atom stereocenters. The Labute approximate surface area is 177 Å².